The van der Waals surface area contributed by atoms with Gasteiger partial charge in [-0.2, -0.15) is 0 Å². The Morgan fingerprint density at radius 2 is 1.64 bits per heavy atom. The molecule has 28 heavy (non-hydrogen) atoms. The Morgan fingerprint density at radius 1 is 1.00 bits per heavy atom. The summed E-state index contributed by atoms with van der Waals surface area (Å²) in [5.74, 6) is -0.0144. The molecular formula is C21H29NO5S. The second-order valence-corrected chi connectivity index (χ2v) is 9.46. The number of carbonyl (C=O) groups is 3. The van der Waals surface area contributed by atoms with Crippen molar-refractivity contribution >= 4 is 34.2 Å². The highest BCUT2D eigenvalue weighted by atomic mass is 32.1. The van der Waals surface area contributed by atoms with E-state index in [1.165, 1.54) is 6.42 Å². The lowest BCUT2D eigenvalue weighted by Crippen LogP contribution is -2.27. The number of carbonyl (C=O) groups excluding carboxylic acids is 3. The lowest BCUT2D eigenvalue weighted by molar-refractivity contribution is -0.121. The van der Waals surface area contributed by atoms with Gasteiger partial charge in [0.1, 0.15) is 9.88 Å². The molecule has 7 heteroatoms. The van der Waals surface area contributed by atoms with Crippen LogP contribution in [-0.4, -0.2) is 30.1 Å². The zero-order valence-corrected chi connectivity index (χ0v) is 18.0. The molecule has 1 heterocycles. The first-order valence-electron chi connectivity index (χ1n) is 10.0. The maximum atomic E-state index is 12.9. The number of thiophene rings is 1. The van der Waals surface area contributed by atoms with Crippen molar-refractivity contribution in [2.75, 3.05) is 5.32 Å². The Labute approximate surface area is 170 Å². The molecule has 0 unspecified atom stereocenters. The molecule has 0 spiro atoms. The van der Waals surface area contributed by atoms with Crippen molar-refractivity contribution in [2.45, 2.75) is 72.5 Å². The largest absolute Gasteiger partial charge is 0.459 e. The molecule has 6 nitrogen and oxygen atoms in total. The zero-order valence-electron chi connectivity index (χ0n) is 17.2. The molecule has 2 saturated carbocycles. The molecule has 1 aromatic heterocycles. The van der Waals surface area contributed by atoms with Crippen LogP contribution in [0.25, 0.3) is 0 Å². The smallest absolute Gasteiger partial charge is 0.348 e. The van der Waals surface area contributed by atoms with Crippen LogP contribution < -0.4 is 5.32 Å². The van der Waals surface area contributed by atoms with Crippen molar-refractivity contribution in [3.8, 4) is 0 Å². The third-order valence-electron chi connectivity index (χ3n) is 5.53. The number of hydrogen-bond acceptors (Lipinski definition) is 6. The molecule has 0 aromatic carbocycles. The van der Waals surface area contributed by atoms with Gasteiger partial charge in [-0.15, -0.1) is 11.3 Å². The molecule has 2 fully saturated rings. The Morgan fingerprint density at radius 3 is 2.18 bits per heavy atom. The number of fused-ring (bicyclic) bond motifs is 2. The Bertz CT molecular complexity index is 782. The fourth-order valence-electron chi connectivity index (χ4n) is 4.35. The molecule has 1 amide bonds. The van der Waals surface area contributed by atoms with E-state index in [1.54, 1.807) is 34.6 Å². The average Bonchev–Trinajstić information content (AvgIpc) is 3.27. The second-order valence-electron chi connectivity index (χ2n) is 8.44. The van der Waals surface area contributed by atoms with Gasteiger partial charge >= 0.3 is 11.9 Å². The minimum absolute atomic E-state index is 0.0128. The van der Waals surface area contributed by atoms with E-state index in [-0.39, 0.29) is 29.6 Å². The molecule has 3 rings (SSSR count). The fourth-order valence-corrected chi connectivity index (χ4v) is 5.43. The molecule has 154 valence electrons. The normalized spacial score (nSPS) is 23.3. The first kappa shape index (κ1) is 20.8. The number of amides is 1. The fraction of sp³-hybridized carbons (Fsp3) is 0.667. The highest BCUT2D eigenvalue weighted by Crippen LogP contribution is 2.49. The number of anilines is 1. The predicted molar refractivity (Wildman–Crippen MR) is 108 cm³/mol. The summed E-state index contributed by atoms with van der Waals surface area (Å²) in [7, 11) is 0. The summed E-state index contributed by atoms with van der Waals surface area (Å²) in [6.07, 6.45) is 3.77. The monoisotopic (exact) mass is 407 g/mol. The van der Waals surface area contributed by atoms with Crippen LogP contribution in [0.4, 0.5) is 5.00 Å². The quantitative estimate of drug-likeness (QED) is 0.699. The molecule has 0 saturated heterocycles. The topological polar surface area (TPSA) is 81.7 Å². The number of nitrogens with one attached hydrogen (secondary N) is 1. The van der Waals surface area contributed by atoms with Crippen molar-refractivity contribution in [2.24, 2.45) is 17.8 Å². The average molecular weight is 408 g/mol. The number of esters is 2. The van der Waals surface area contributed by atoms with Gasteiger partial charge in [0.15, 0.2) is 0 Å². The Kier molecular flexibility index (Phi) is 6.12. The van der Waals surface area contributed by atoms with Crippen LogP contribution in [0.2, 0.25) is 0 Å². The first-order valence-corrected chi connectivity index (χ1v) is 10.8. The van der Waals surface area contributed by atoms with Gasteiger partial charge in [-0.1, -0.05) is 6.42 Å². The second kappa shape index (κ2) is 8.23. The van der Waals surface area contributed by atoms with E-state index in [9.17, 15) is 14.4 Å². The highest BCUT2D eigenvalue weighted by Gasteiger charge is 2.43. The summed E-state index contributed by atoms with van der Waals surface area (Å²) < 4.78 is 10.7. The van der Waals surface area contributed by atoms with Crippen molar-refractivity contribution in [1.82, 2.24) is 0 Å². The summed E-state index contributed by atoms with van der Waals surface area (Å²) in [4.78, 5) is 38.3. The SMILES string of the molecule is Cc1c(C(=O)OC(C)C)sc(NC(=O)[C@H]2C[C@@H]3CC[C@H]2C3)c1C(=O)OC(C)C. The van der Waals surface area contributed by atoms with E-state index in [0.29, 0.717) is 27.3 Å². The van der Waals surface area contributed by atoms with Crippen molar-refractivity contribution in [3.05, 3.63) is 16.0 Å². The van der Waals surface area contributed by atoms with Gasteiger partial charge in [-0.25, -0.2) is 9.59 Å². The van der Waals surface area contributed by atoms with Crippen molar-refractivity contribution in [3.63, 3.8) is 0 Å². The van der Waals surface area contributed by atoms with E-state index in [4.69, 9.17) is 9.47 Å². The molecule has 2 aliphatic rings. The van der Waals surface area contributed by atoms with Crippen LogP contribution in [0.1, 0.15) is 79.0 Å². The van der Waals surface area contributed by atoms with Crippen LogP contribution in [0.5, 0.6) is 0 Å². The molecule has 3 atom stereocenters. The van der Waals surface area contributed by atoms with Crippen LogP contribution in [-0.2, 0) is 14.3 Å². The van der Waals surface area contributed by atoms with Crippen molar-refractivity contribution < 1.29 is 23.9 Å². The van der Waals surface area contributed by atoms with Gasteiger partial charge < -0.3 is 14.8 Å². The third-order valence-corrected chi connectivity index (χ3v) is 6.72. The maximum absolute atomic E-state index is 12.9. The zero-order chi connectivity index (χ0) is 20.6. The van der Waals surface area contributed by atoms with Gasteiger partial charge in [0.05, 0.1) is 17.8 Å². The molecule has 1 N–H and O–H groups in total. The molecule has 2 aliphatic carbocycles. The van der Waals surface area contributed by atoms with Gasteiger partial charge in [0, 0.05) is 5.92 Å². The Balaban J connectivity index is 1.88. The van der Waals surface area contributed by atoms with Crippen molar-refractivity contribution in [1.29, 1.82) is 0 Å². The molecule has 1 aromatic rings. The molecular weight excluding hydrogens is 378 g/mol. The summed E-state index contributed by atoms with van der Waals surface area (Å²) in [6.45, 7) is 8.76. The highest BCUT2D eigenvalue weighted by molar-refractivity contribution is 7.18. The number of rotatable bonds is 6. The molecule has 0 radical (unpaired) electrons. The van der Waals surface area contributed by atoms with E-state index in [1.807, 2.05) is 0 Å². The standard InChI is InChI=1S/C21H29NO5S/c1-10(2)26-20(24)16-12(5)17(21(25)27-11(3)4)28-19(16)22-18(23)15-9-13-6-7-14(15)8-13/h10-11,13-15H,6-9H2,1-5H3,(H,22,23)/t13-,14+,15+/m1/s1. The van der Waals surface area contributed by atoms with E-state index >= 15 is 0 Å². The summed E-state index contributed by atoms with van der Waals surface area (Å²) in [6, 6.07) is 0. The van der Waals surface area contributed by atoms with E-state index < -0.39 is 11.9 Å². The lowest BCUT2D eigenvalue weighted by atomic mass is 9.88. The minimum Gasteiger partial charge on any atom is -0.459 e. The first-order chi connectivity index (χ1) is 13.2. The maximum Gasteiger partial charge on any atom is 0.348 e. The van der Waals surface area contributed by atoms with Gasteiger partial charge in [-0.3, -0.25) is 4.79 Å². The lowest BCUT2D eigenvalue weighted by Gasteiger charge is -2.20. The number of ether oxygens (including phenoxy) is 2. The Hall–Kier alpha value is -1.89. The van der Waals surface area contributed by atoms with Crippen LogP contribution in [0, 0.1) is 24.7 Å². The van der Waals surface area contributed by atoms with Gasteiger partial charge in [0.25, 0.3) is 0 Å². The van der Waals surface area contributed by atoms with Crippen LogP contribution in [0.3, 0.4) is 0 Å². The third kappa shape index (κ3) is 4.24. The van der Waals surface area contributed by atoms with Gasteiger partial charge in [-0.05, 0) is 71.3 Å². The number of hydrogen-bond donors (Lipinski definition) is 1. The predicted octanol–water partition coefficient (Wildman–Crippen LogP) is 4.56. The van der Waals surface area contributed by atoms with Crippen LogP contribution in [0.15, 0.2) is 0 Å². The minimum atomic E-state index is -0.532. The van der Waals surface area contributed by atoms with E-state index in [0.717, 1.165) is 30.6 Å². The summed E-state index contributed by atoms with van der Waals surface area (Å²) in [5.41, 5.74) is 0.746. The van der Waals surface area contributed by atoms with Crippen LogP contribution >= 0.6 is 11.3 Å². The van der Waals surface area contributed by atoms with E-state index in [2.05, 4.69) is 5.32 Å². The summed E-state index contributed by atoms with van der Waals surface area (Å²) in [5, 5.41) is 3.31. The molecule has 2 bridgehead atoms. The molecule has 0 aliphatic heterocycles. The van der Waals surface area contributed by atoms with Gasteiger partial charge in [0.2, 0.25) is 5.91 Å². The summed E-state index contributed by atoms with van der Waals surface area (Å²) >= 11 is 1.09.